The van der Waals surface area contributed by atoms with Crippen molar-refractivity contribution in [1.82, 2.24) is 0 Å². The summed E-state index contributed by atoms with van der Waals surface area (Å²) >= 11 is 0. The molecule has 1 aromatic carbocycles. The molecular formula is C9H9. The Balaban J connectivity index is 2.51. The van der Waals surface area contributed by atoms with E-state index in [1.54, 1.807) is 0 Å². The van der Waals surface area contributed by atoms with Crippen LogP contribution in [0.3, 0.4) is 0 Å². The Morgan fingerprint density at radius 1 is 1.67 bits per heavy atom. The maximum Gasteiger partial charge on any atom is -0.0146 e. The fourth-order valence-electron chi connectivity index (χ4n) is 1.41. The largest absolute Gasteiger partial charge is 0.0613 e. The van der Waals surface area contributed by atoms with E-state index in [2.05, 4.69) is 25.1 Å². The van der Waals surface area contributed by atoms with Crippen molar-refractivity contribution in [2.24, 2.45) is 0 Å². The number of benzene rings is 1. The van der Waals surface area contributed by atoms with Crippen LogP contribution in [0.5, 0.6) is 0 Å². The number of hydrogen-bond acceptors (Lipinski definition) is 0. The highest BCUT2D eigenvalue weighted by Gasteiger charge is 2.19. The lowest BCUT2D eigenvalue weighted by Gasteiger charge is -2.25. The fraction of sp³-hybridized carbons (Fsp3) is 0.333. The quantitative estimate of drug-likeness (QED) is 0.488. The summed E-state index contributed by atoms with van der Waals surface area (Å²) in [6.45, 7) is 2.26. The van der Waals surface area contributed by atoms with E-state index in [4.69, 9.17) is 0 Å². The Hall–Kier alpha value is -0.780. The summed E-state index contributed by atoms with van der Waals surface area (Å²) in [6, 6.07) is 9.47. The maximum absolute atomic E-state index is 3.22. The molecule has 0 spiro atoms. The Bertz CT molecular complexity index is 225. The van der Waals surface area contributed by atoms with Gasteiger partial charge in [0.25, 0.3) is 0 Å². The predicted octanol–water partition coefficient (Wildman–Crippen LogP) is 2.15. The monoisotopic (exact) mass is 117 g/mol. The summed E-state index contributed by atoms with van der Waals surface area (Å²) in [6.07, 6.45) is 1.23. The van der Waals surface area contributed by atoms with Gasteiger partial charge in [0.2, 0.25) is 0 Å². The van der Waals surface area contributed by atoms with Crippen molar-refractivity contribution in [3.05, 3.63) is 35.4 Å². The molecule has 0 nitrogen and oxygen atoms in total. The van der Waals surface area contributed by atoms with Gasteiger partial charge in [0.1, 0.15) is 0 Å². The molecule has 1 aliphatic rings. The van der Waals surface area contributed by atoms with Gasteiger partial charge in [0, 0.05) is 0 Å². The number of hydrogen-bond donors (Lipinski definition) is 0. The molecule has 2 rings (SSSR count). The lowest BCUT2D eigenvalue weighted by molar-refractivity contribution is 0.666. The smallest absolute Gasteiger partial charge is 0.0146 e. The van der Waals surface area contributed by atoms with Crippen LogP contribution in [-0.2, 0) is 6.42 Å². The molecule has 0 saturated heterocycles. The fourth-order valence-corrected chi connectivity index (χ4v) is 1.41. The first kappa shape index (κ1) is 5.04. The Morgan fingerprint density at radius 2 is 2.56 bits per heavy atom. The molecule has 1 atom stereocenters. The van der Waals surface area contributed by atoms with E-state index >= 15 is 0 Å². The van der Waals surface area contributed by atoms with Gasteiger partial charge in [-0.05, 0) is 29.5 Å². The van der Waals surface area contributed by atoms with Gasteiger partial charge < -0.3 is 0 Å². The van der Waals surface area contributed by atoms with E-state index in [1.807, 2.05) is 6.07 Å². The highest BCUT2D eigenvalue weighted by atomic mass is 14.2. The van der Waals surface area contributed by atoms with E-state index in [-0.39, 0.29) is 0 Å². The van der Waals surface area contributed by atoms with E-state index in [0.29, 0.717) is 0 Å². The van der Waals surface area contributed by atoms with Crippen molar-refractivity contribution < 1.29 is 0 Å². The van der Waals surface area contributed by atoms with Crippen molar-refractivity contribution in [2.75, 3.05) is 0 Å². The van der Waals surface area contributed by atoms with Crippen LogP contribution in [0, 0.1) is 6.07 Å². The minimum atomic E-state index is 0.789. The van der Waals surface area contributed by atoms with Crippen molar-refractivity contribution >= 4 is 0 Å². The summed E-state index contributed by atoms with van der Waals surface area (Å²) in [5.41, 5.74) is 2.92. The normalized spacial score (nSPS) is 22.6. The average Bonchev–Trinajstić information content (AvgIpc) is 1.86. The molecule has 1 aliphatic carbocycles. The van der Waals surface area contributed by atoms with Gasteiger partial charge in [-0.3, -0.25) is 0 Å². The zero-order valence-corrected chi connectivity index (χ0v) is 5.52. The van der Waals surface area contributed by atoms with Gasteiger partial charge in [-0.1, -0.05) is 25.1 Å². The zero-order chi connectivity index (χ0) is 6.27. The van der Waals surface area contributed by atoms with Crippen molar-refractivity contribution in [3.63, 3.8) is 0 Å². The molecule has 1 radical (unpaired) electrons. The molecule has 0 heterocycles. The molecule has 0 fully saturated rings. The van der Waals surface area contributed by atoms with Gasteiger partial charge in [0.15, 0.2) is 0 Å². The first-order valence-corrected chi connectivity index (χ1v) is 3.37. The van der Waals surface area contributed by atoms with Gasteiger partial charge in [0.05, 0.1) is 0 Å². The molecule has 0 saturated carbocycles. The Morgan fingerprint density at radius 3 is 3.11 bits per heavy atom. The summed E-state index contributed by atoms with van der Waals surface area (Å²) in [4.78, 5) is 0. The average molecular weight is 117 g/mol. The second-order valence-corrected chi connectivity index (χ2v) is 2.71. The molecule has 9 heavy (non-hydrogen) atoms. The molecule has 45 valence electrons. The lowest BCUT2D eigenvalue weighted by atomic mass is 9.79. The maximum atomic E-state index is 3.22. The van der Waals surface area contributed by atoms with E-state index < -0.39 is 0 Å². The summed E-state index contributed by atoms with van der Waals surface area (Å²) in [5, 5.41) is 0. The van der Waals surface area contributed by atoms with Crippen LogP contribution in [0.15, 0.2) is 18.2 Å². The standard InChI is InChI=1S/C9H9/c1-7-6-8-4-2-3-5-9(7)8/h2-3,5,7H,6H2,1H3. The molecular weight excluding hydrogens is 108 g/mol. The van der Waals surface area contributed by atoms with Crippen LogP contribution in [-0.4, -0.2) is 0 Å². The van der Waals surface area contributed by atoms with E-state index in [0.717, 1.165) is 5.92 Å². The molecule has 1 unspecified atom stereocenters. The Kier molecular flexibility index (Phi) is 0.895. The summed E-state index contributed by atoms with van der Waals surface area (Å²) in [5.74, 6) is 0.789. The van der Waals surface area contributed by atoms with Crippen molar-refractivity contribution in [3.8, 4) is 0 Å². The summed E-state index contributed by atoms with van der Waals surface area (Å²) in [7, 11) is 0. The third kappa shape index (κ3) is 0.593. The topological polar surface area (TPSA) is 0 Å². The van der Waals surface area contributed by atoms with Crippen LogP contribution in [0.4, 0.5) is 0 Å². The first-order chi connectivity index (χ1) is 4.38. The van der Waals surface area contributed by atoms with E-state index in [1.165, 1.54) is 17.5 Å². The highest BCUT2D eigenvalue weighted by molar-refractivity contribution is 5.38. The van der Waals surface area contributed by atoms with Crippen LogP contribution in [0.1, 0.15) is 24.0 Å². The molecule has 0 heteroatoms. The molecule has 0 aromatic heterocycles. The zero-order valence-electron chi connectivity index (χ0n) is 5.52. The molecule has 1 aromatic rings. The minimum absolute atomic E-state index is 0.789. The number of fused-ring (bicyclic) bond motifs is 1. The molecule has 0 N–H and O–H groups in total. The summed E-state index contributed by atoms with van der Waals surface area (Å²) < 4.78 is 0. The predicted molar refractivity (Wildman–Crippen MR) is 37.4 cm³/mol. The van der Waals surface area contributed by atoms with Gasteiger partial charge in [-0.25, -0.2) is 0 Å². The van der Waals surface area contributed by atoms with Crippen LogP contribution in [0.25, 0.3) is 0 Å². The van der Waals surface area contributed by atoms with Gasteiger partial charge >= 0.3 is 0 Å². The van der Waals surface area contributed by atoms with Gasteiger partial charge in [-0.15, -0.1) is 0 Å². The Labute approximate surface area is 55.5 Å². The van der Waals surface area contributed by atoms with Crippen LogP contribution >= 0.6 is 0 Å². The van der Waals surface area contributed by atoms with Crippen molar-refractivity contribution in [1.29, 1.82) is 0 Å². The van der Waals surface area contributed by atoms with Crippen LogP contribution in [0.2, 0.25) is 0 Å². The van der Waals surface area contributed by atoms with Crippen molar-refractivity contribution in [2.45, 2.75) is 19.3 Å². The molecule has 0 aliphatic heterocycles. The number of rotatable bonds is 0. The SMILES string of the molecule is CC1Cc2[c]cccc21. The second-order valence-electron chi connectivity index (χ2n) is 2.71. The molecule has 0 bridgehead atoms. The molecule has 0 amide bonds. The highest BCUT2D eigenvalue weighted by Crippen LogP contribution is 2.33. The first-order valence-electron chi connectivity index (χ1n) is 3.37. The minimum Gasteiger partial charge on any atom is -0.0613 e. The lowest BCUT2D eigenvalue weighted by Crippen LogP contribution is -2.12. The van der Waals surface area contributed by atoms with Gasteiger partial charge in [-0.2, -0.15) is 0 Å². The second kappa shape index (κ2) is 1.60. The third-order valence-corrected chi connectivity index (χ3v) is 2.02. The van der Waals surface area contributed by atoms with E-state index in [9.17, 15) is 0 Å². The third-order valence-electron chi connectivity index (χ3n) is 2.02. The van der Waals surface area contributed by atoms with Crippen LogP contribution < -0.4 is 0 Å².